The molecule has 7 atom stereocenters. The molecule has 0 aromatic rings. The van der Waals surface area contributed by atoms with E-state index in [1.807, 2.05) is 0 Å². The van der Waals surface area contributed by atoms with Crippen LogP contribution in [0.1, 0.15) is 33.6 Å². The maximum absolute atomic E-state index is 3.82. The summed E-state index contributed by atoms with van der Waals surface area (Å²) in [5.41, 5.74) is 0.749. The van der Waals surface area contributed by atoms with Gasteiger partial charge in [-0.25, -0.2) is 0 Å². The van der Waals surface area contributed by atoms with Crippen molar-refractivity contribution in [2.45, 2.75) is 43.6 Å². The Morgan fingerprint density at radius 3 is 2.62 bits per heavy atom. The average Bonchev–Trinajstić information content (AvgIpc) is 2.67. The molecule has 2 heteroatoms. The third-order valence-electron chi connectivity index (χ3n) is 5.84. The Hall–Kier alpha value is 0.690. The van der Waals surface area contributed by atoms with Crippen LogP contribution in [0.4, 0.5) is 0 Å². The summed E-state index contributed by atoms with van der Waals surface area (Å²) in [6, 6.07) is 0.871. The first-order chi connectivity index (χ1) is 7.63. The van der Waals surface area contributed by atoms with E-state index in [1.165, 1.54) is 13.0 Å². The SMILES string of the molecule is CCNC1C2CC(C2C)C1[C@]1(C)CC1[I-]C. The summed E-state index contributed by atoms with van der Waals surface area (Å²) in [7, 11) is 0. The van der Waals surface area contributed by atoms with Crippen LogP contribution in [0.5, 0.6) is 0 Å². The number of hydrogen-bond donors (Lipinski definition) is 1. The topological polar surface area (TPSA) is 12.0 Å². The van der Waals surface area contributed by atoms with Crippen LogP contribution in [0.15, 0.2) is 0 Å². The molecule has 1 N–H and O–H groups in total. The van der Waals surface area contributed by atoms with Crippen molar-refractivity contribution in [3.8, 4) is 0 Å². The fourth-order valence-electron chi connectivity index (χ4n) is 4.76. The number of rotatable bonds is 4. The zero-order valence-corrected chi connectivity index (χ0v) is 13.1. The molecule has 4 fully saturated rings. The van der Waals surface area contributed by atoms with Crippen molar-refractivity contribution in [3.05, 3.63) is 0 Å². The molecule has 94 valence electrons. The molecular formula is C14H25IN-. The Bertz CT molecular complexity index is 292. The first-order valence-electron chi connectivity index (χ1n) is 6.85. The minimum absolute atomic E-state index is 0.479. The van der Waals surface area contributed by atoms with E-state index >= 15 is 0 Å². The van der Waals surface area contributed by atoms with Crippen molar-refractivity contribution in [2.75, 3.05) is 11.5 Å². The van der Waals surface area contributed by atoms with Gasteiger partial charge in [-0.2, -0.15) is 0 Å². The van der Waals surface area contributed by atoms with Crippen molar-refractivity contribution in [1.29, 1.82) is 0 Å². The van der Waals surface area contributed by atoms with Gasteiger partial charge in [-0.05, 0) is 0 Å². The zero-order chi connectivity index (χ0) is 11.5. The van der Waals surface area contributed by atoms with Gasteiger partial charge in [-0.1, -0.05) is 0 Å². The van der Waals surface area contributed by atoms with Gasteiger partial charge in [0.25, 0.3) is 0 Å². The van der Waals surface area contributed by atoms with Crippen molar-refractivity contribution >= 4 is 0 Å². The summed E-state index contributed by atoms with van der Waals surface area (Å²) in [5, 5.41) is 3.82. The second-order valence-corrected chi connectivity index (χ2v) is 9.18. The van der Waals surface area contributed by atoms with Crippen LogP contribution in [-0.4, -0.2) is 21.4 Å². The van der Waals surface area contributed by atoms with E-state index in [1.54, 1.807) is 6.42 Å². The van der Waals surface area contributed by atoms with Crippen molar-refractivity contribution in [1.82, 2.24) is 5.32 Å². The molecule has 0 aliphatic heterocycles. The molecule has 0 aromatic heterocycles. The molecule has 0 aromatic carbocycles. The molecule has 16 heavy (non-hydrogen) atoms. The van der Waals surface area contributed by atoms with Crippen molar-refractivity contribution < 1.29 is 21.2 Å². The molecule has 1 nitrogen and oxygen atoms in total. The van der Waals surface area contributed by atoms with Crippen LogP contribution in [-0.2, 0) is 0 Å². The van der Waals surface area contributed by atoms with Gasteiger partial charge in [0.2, 0.25) is 0 Å². The second-order valence-electron chi connectivity index (χ2n) is 6.43. The van der Waals surface area contributed by atoms with Crippen LogP contribution in [0, 0.1) is 29.1 Å². The van der Waals surface area contributed by atoms with E-state index in [9.17, 15) is 0 Å². The number of halogens is 1. The van der Waals surface area contributed by atoms with Crippen molar-refractivity contribution in [2.24, 2.45) is 29.1 Å². The Morgan fingerprint density at radius 2 is 2.12 bits per heavy atom. The Balaban J connectivity index is 1.79. The molecule has 0 spiro atoms. The third kappa shape index (κ3) is 1.38. The summed E-state index contributed by atoms with van der Waals surface area (Å²) in [5.74, 6) is 4.13. The fourth-order valence-corrected chi connectivity index (χ4v) is 7.98. The van der Waals surface area contributed by atoms with Gasteiger partial charge in [0.1, 0.15) is 0 Å². The van der Waals surface area contributed by atoms with Crippen LogP contribution in [0.3, 0.4) is 0 Å². The molecule has 2 bridgehead atoms. The quantitative estimate of drug-likeness (QED) is 0.533. The van der Waals surface area contributed by atoms with E-state index < -0.39 is 0 Å². The number of alkyl halides is 2. The van der Waals surface area contributed by atoms with Gasteiger partial charge >= 0.3 is 111 Å². The van der Waals surface area contributed by atoms with Gasteiger partial charge in [0.05, 0.1) is 0 Å². The minimum atomic E-state index is 0.479. The molecule has 0 heterocycles. The van der Waals surface area contributed by atoms with E-state index in [0.29, 0.717) is 21.2 Å². The third-order valence-corrected chi connectivity index (χ3v) is 9.21. The predicted molar refractivity (Wildman–Crippen MR) is 64.2 cm³/mol. The van der Waals surface area contributed by atoms with Gasteiger partial charge in [-0.15, -0.1) is 0 Å². The van der Waals surface area contributed by atoms with Crippen LogP contribution < -0.4 is 26.5 Å². The van der Waals surface area contributed by atoms with Gasteiger partial charge < -0.3 is 0 Å². The fraction of sp³-hybridized carbons (Fsp3) is 1.00. The van der Waals surface area contributed by atoms with Crippen LogP contribution in [0.2, 0.25) is 0 Å². The predicted octanol–water partition coefficient (Wildman–Crippen LogP) is -0.636. The second kappa shape index (κ2) is 3.84. The molecular weight excluding hydrogens is 309 g/mol. The van der Waals surface area contributed by atoms with Gasteiger partial charge in [0, 0.05) is 0 Å². The molecule has 6 unspecified atom stereocenters. The summed E-state index contributed by atoms with van der Waals surface area (Å²) < 4.78 is 1.14. The van der Waals surface area contributed by atoms with Gasteiger partial charge in [0.15, 0.2) is 0 Å². The zero-order valence-electron chi connectivity index (χ0n) is 11.0. The number of fused-ring (bicyclic) bond motifs is 1. The number of nitrogens with one attached hydrogen (secondary N) is 1. The van der Waals surface area contributed by atoms with E-state index in [0.717, 1.165) is 39.1 Å². The molecule has 0 radical (unpaired) electrons. The summed E-state index contributed by atoms with van der Waals surface area (Å²) in [6.45, 7) is 8.55. The van der Waals surface area contributed by atoms with E-state index in [4.69, 9.17) is 0 Å². The first-order valence-corrected chi connectivity index (χ1v) is 10.2. The molecule has 4 rings (SSSR count). The Labute approximate surface area is 110 Å². The van der Waals surface area contributed by atoms with Crippen LogP contribution >= 0.6 is 0 Å². The van der Waals surface area contributed by atoms with Crippen LogP contribution in [0.25, 0.3) is 0 Å². The van der Waals surface area contributed by atoms with E-state index in [2.05, 4.69) is 31.0 Å². The Kier molecular flexibility index (Phi) is 2.82. The normalized spacial score (nSPS) is 58.8. The molecule has 4 aliphatic carbocycles. The molecule has 0 saturated heterocycles. The number of hydrogen-bond acceptors (Lipinski definition) is 1. The summed E-state index contributed by atoms with van der Waals surface area (Å²) in [4.78, 5) is 2.49. The van der Waals surface area contributed by atoms with Crippen molar-refractivity contribution in [3.63, 3.8) is 0 Å². The molecule has 0 amide bonds. The first kappa shape index (κ1) is 11.8. The van der Waals surface area contributed by atoms with Gasteiger partial charge in [-0.3, -0.25) is 0 Å². The summed E-state index contributed by atoms with van der Waals surface area (Å²) in [6.07, 6.45) is 3.09. The standard InChI is InChI=1S/C14H25IN/c1-5-16-13-10-6-9(8(10)2)12(13)14(3)7-11(14)15-4/h8-13,16H,5-7H2,1-4H3/q-1/t8?,9?,10?,11?,12?,13?,14-/m1/s1. The summed E-state index contributed by atoms with van der Waals surface area (Å²) >= 11 is 0.479. The average molecular weight is 334 g/mol. The molecule has 4 saturated carbocycles. The molecule has 4 aliphatic rings. The Morgan fingerprint density at radius 1 is 1.38 bits per heavy atom. The monoisotopic (exact) mass is 334 g/mol. The van der Waals surface area contributed by atoms with E-state index in [-0.39, 0.29) is 0 Å². The maximum atomic E-state index is 3.82.